The van der Waals surface area contributed by atoms with E-state index in [-0.39, 0.29) is 5.41 Å². The number of piperidine rings is 1. The number of nitrogens with zero attached hydrogens (tertiary/aromatic N) is 6. The molecule has 7 heteroatoms. The van der Waals surface area contributed by atoms with Crippen LogP contribution >= 0.6 is 0 Å². The minimum atomic E-state index is -0.0824. The van der Waals surface area contributed by atoms with Gasteiger partial charge in [-0.15, -0.1) is 0 Å². The molecule has 0 spiro atoms. The Balaban J connectivity index is 1.41. The number of benzene rings is 1. The second-order valence-electron chi connectivity index (χ2n) is 9.06. The highest BCUT2D eigenvalue weighted by Crippen LogP contribution is 2.44. The number of hydrogen-bond donors (Lipinski definition) is 0. The molecular formula is C23H30N6O. The van der Waals surface area contributed by atoms with E-state index in [1.54, 1.807) is 0 Å². The zero-order chi connectivity index (χ0) is 20.7. The van der Waals surface area contributed by atoms with Gasteiger partial charge in [-0.25, -0.2) is 0 Å². The summed E-state index contributed by atoms with van der Waals surface area (Å²) in [7, 11) is 1.99. The van der Waals surface area contributed by atoms with Gasteiger partial charge in [0.2, 0.25) is 5.89 Å². The first-order valence-corrected chi connectivity index (χ1v) is 10.8. The number of hydrogen-bond acceptors (Lipinski definition) is 6. The van der Waals surface area contributed by atoms with Crippen LogP contribution in [-0.4, -0.2) is 55.9 Å². The summed E-state index contributed by atoms with van der Waals surface area (Å²) in [5.74, 6) is 2.08. The van der Waals surface area contributed by atoms with Crippen molar-refractivity contribution >= 4 is 0 Å². The summed E-state index contributed by atoms with van der Waals surface area (Å²) in [6.07, 6.45) is 3.29. The molecule has 0 bridgehead atoms. The SMILES string of the molecule is Cc1nc([C@]23CN(Cc4cn(C)nc4C)CC[C@H]2CN(Cc2ccccc2)C3)no1. The van der Waals surface area contributed by atoms with Crippen LogP contribution in [0.25, 0.3) is 0 Å². The predicted molar refractivity (Wildman–Crippen MR) is 114 cm³/mol. The predicted octanol–water partition coefficient (Wildman–Crippen LogP) is 2.70. The molecule has 30 heavy (non-hydrogen) atoms. The number of likely N-dealkylation sites (tertiary alicyclic amines) is 2. The van der Waals surface area contributed by atoms with Gasteiger partial charge >= 0.3 is 0 Å². The maximum absolute atomic E-state index is 5.44. The monoisotopic (exact) mass is 406 g/mol. The lowest BCUT2D eigenvalue weighted by Crippen LogP contribution is -2.52. The van der Waals surface area contributed by atoms with Crippen molar-refractivity contribution in [2.75, 3.05) is 26.2 Å². The fraction of sp³-hybridized carbons (Fsp3) is 0.522. The second kappa shape index (κ2) is 7.63. The smallest absolute Gasteiger partial charge is 0.223 e. The van der Waals surface area contributed by atoms with Gasteiger partial charge < -0.3 is 4.52 Å². The average Bonchev–Trinajstić information content (AvgIpc) is 3.40. The van der Waals surface area contributed by atoms with Gasteiger partial charge in [0.15, 0.2) is 5.82 Å². The van der Waals surface area contributed by atoms with Crippen molar-refractivity contribution in [1.82, 2.24) is 29.7 Å². The highest BCUT2D eigenvalue weighted by atomic mass is 16.5. The van der Waals surface area contributed by atoms with Gasteiger partial charge in [-0.05, 0) is 31.4 Å². The third-order valence-corrected chi connectivity index (χ3v) is 6.80. The van der Waals surface area contributed by atoms with Crippen LogP contribution in [0.5, 0.6) is 0 Å². The Morgan fingerprint density at radius 1 is 1.10 bits per heavy atom. The normalized spacial score (nSPS) is 25.0. The summed E-state index contributed by atoms with van der Waals surface area (Å²) in [6, 6.07) is 10.7. The first kappa shape index (κ1) is 19.5. The first-order valence-electron chi connectivity index (χ1n) is 10.8. The number of aryl methyl sites for hydroxylation is 3. The molecule has 2 fully saturated rings. The van der Waals surface area contributed by atoms with Crippen molar-refractivity contribution in [2.45, 2.75) is 38.8 Å². The van der Waals surface area contributed by atoms with Crippen LogP contribution in [-0.2, 0) is 25.6 Å². The third-order valence-electron chi connectivity index (χ3n) is 6.80. The van der Waals surface area contributed by atoms with E-state index in [9.17, 15) is 0 Å². The quantitative estimate of drug-likeness (QED) is 0.649. The molecule has 0 unspecified atom stereocenters. The molecule has 7 nitrogen and oxygen atoms in total. The number of rotatable bonds is 5. The van der Waals surface area contributed by atoms with Crippen LogP contribution in [0, 0.1) is 19.8 Å². The molecule has 2 saturated heterocycles. The summed E-state index contributed by atoms with van der Waals surface area (Å²) < 4.78 is 7.35. The molecule has 0 aliphatic carbocycles. The lowest BCUT2D eigenvalue weighted by molar-refractivity contribution is 0.104. The molecule has 2 aromatic heterocycles. The van der Waals surface area contributed by atoms with E-state index in [1.807, 2.05) is 18.7 Å². The number of aromatic nitrogens is 4. The van der Waals surface area contributed by atoms with Gasteiger partial charge in [0.05, 0.1) is 11.1 Å². The first-order chi connectivity index (χ1) is 14.5. The van der Waals surface area contributed by atoms with Crippen molar-refractivity contribution in [3.8, 4) is 0 Å². The largest absolute Gasteiger partial charge is 0.340 e. The number of fused-ring (bicyclic) bond motifs is 1. The molecule has 5 rings (SSSR count). The van der Waals surface area contributed by atoms with Crippen LogP contribution in [0.4, 0.5) is 0 Å². The van der Waals surface area contributed by atoms with Crippen molar-refractivity contribution in [2.24, 2.45) is 13.0 Å². The highest BCUT2D eigenvalue weighted by molar-refractivity contribution is 5.22. The van der Waals surface area contributed by atoms with Crippen molar-refractivity contribution in [3.63, 3.8) is 0 Å². The molecule has 2 atom stereocenters. The second-order valence-corrected chi connectivity index (χ2v) is 9.06. The maximum atomic E-state index is 5.44. The molecule has 3 aromatic rings. The molecule has 0 saturated carbocycles. The summed E-state index contributed by atoms with van der Waals surface area (Å²) >= 11 is 0. The molecule has 0 amide bonds. The Kier molecular flexibility index (Phi) is 4.95. The summed E-state index contributed by atoms with van der Waals surface area (Å²) in [5, 5.41) is 8.94. The molecule has 1 aromatic carbocycles. The summed E-state index contributed by atoms with van der Waals surface area (Å²) in [4.78, 5) is 9.85. The molecule has 158 valence electrons. The van der Waals surface area contributed by atoms with E-state index in [1.165, 1.54) is 11.1 Å². The zero-order valence-electron chi connectivity index (χ0n) is 18.1. The Morgan fingerprint density at radius 2 is 1.90 bits per heavy atom. The maximum Gasteiger partial charge on any atom is 0.223 e. The molecule has 0 radical (unpaired) electrons. The topological polar surface area (TPSA) is 63.2 Å². The van der Waals surface area contributed by atoms with Crippen LogP contribution in [0.1, 0.15) is 35.0 Å². The van der Waals surface area contributed by atoms with Crippen LogP contribution in [0.3, 0.4) is 0 Å². The molecule has 2 aliphatic rings. The molecule has 0 N–H and O–H groups in total. The van der Waals surface area contributed by atoms with E-state index in [4.69, 9.17) is 9.51 Å². The summed E-state index contributed by atoms with van der Waals surface area (Å²) in [5.41, 5.74) is 3.69. The van der Waals surface area contributed by atoms with Crippen LogP contribution < -0.4 is 0 Å². The fourth-order valence-corrected chi connectivity index (χ4v) is 5.41. The standard InChI is InChI=1S/C23H30N6O/c1-17-20(12-27(3)25-17)13-28-10-9-21-14-29(11-19-7-5-4-6-8-19)16-23(21,15-28)22-24-18(2)30-26-22/h4-8,12,21H,9-11,13-16H2,1-3H3/t21-,23-/m0/s1. The Labute approximate surface area is 177 Å². The Bertz CT molecular complexity index is 1010. The lowest BCUT2D eigenvalue weighted by atomic mass is 9.72. The van der Waals surface area contributed by atoms with E-state index in [2.05, 4.69) is 63.5 Å². The van der Waals surface area contributed by atoms with E-state index >= 15 is 0 Å². The average molecular weight is 407 g/mol. The Hall–Kier alpha value is -2.51. The van der Waals surface area contributed by atoms with E-state index in [0.29, 0.717) is 11.8 Å². The van der Waals surface area contributed by atoms with Gasteiger partial charge in [0.1, 0.15) is 0 Å². The van der Waals surface area contributed by atoms with Gasteiger partial charge in [0, 0.05) is 58.5 Å². The molecule has 2 aliphatic heterocycles. The minimum absolute atomic E-state index is 0.0824. The van der Waals surface area contributed by atoms with Crippen LogP contribution in [0.15, 0.2) is 41.1 Å². The van der Waals surface area contributed by atoms with Crippen molar-refractivity contribution in [3.05, 3.63) is 65.1 Å². The van der Waals surface area contributed by atoms with Gasteiger partial charge in [-0.1, -0.05) is 35.5 Å². The minimum Gasteiger partial charge on any atom is -0.340 e. The van der Waals surface area contributed by atoms with Gasteiger partial charge in [-0.3, -0.25) is 14.5 Å². The lowest BCUT2D eigenvalue weighted by Gasteiger charge is -2.42. The molecule has 4 heterocycles. The van der Waals surface area contributed by atoms with E-state index in [0.717, 1.165) is 57.2 Å². The fourth-order valence-electron chi connectivity index (χ4n) is 5.41. The summed E-state index contributed by atoms with van der Waals surface area (Å²) in [6.45, 7) is 9.97. The molecular weight excluding hydrogens is 376 g/mol. The van der Waals surface area contributed by atoms with Crippen molar-refractivity contribution in [1.29, 1.82) is 0 Å². The van der Waals surface area contributed by atoms with Crippen molar-refractivity contribution < 1.29 is 4.52 Å². The third kappa shape index (κ3) is 3.56. The Morgan fingerprint density at radius 3 is 2.60 bits per heavy atom. The van der Waals surface area contributed by atoms with Crippen LogP contribution in [0.2, 0.25) is 0 Å². The van der Waals surface area contributed by atoms with E-state index < -0.39 is 0 Å². The zero-order valence-corrected chi connectivity index (χ0v) is 18.1. The van der Waals surface area contributed by atoms with Gasteiger partial charge in [0.25, 0.3) is 0 Å². The van der Waals surface area contributed by atoms with Gasteiger partial charge in [-0.2, -0.15) is 10.1 Å². The highest BCUT2D eigenvalue weighted by Gasteiger charge is 2.53.